The van der Waals surface area contributed by atoms with Gasteiger partial charge in [0, 0.05) is 12.0 Å². The number of carbonyl (C=O) groups is 1. The molecule has 0 fully saturated rings. The summed E-state index contributed by atoms with van der Waals surface area (Å²) < 4.78 is 4.83. The van der Waals surface area contributed by atoms with Gasteiger partial charge in [-0.2, -0.15) is 0 Å². The molecule has 0 bridgehead atoms. The number of rotatable bonds is 5. The van der Waals surface area contributed by atoms with Crippen molar-refractivity contribution >= 4 is 5.91 Å². The van der Waals surface area contributed by atoms with Crippen LogP contribution in [0.3, 0.4) is 0 Å². The van der Waals surface area contributed by atoms with Crippen molar-refractivity contribution in [3.8, 4) is 0 Å². The molecular formula is C9H15N3O2. The molecule has 1 amide bonds. The lowest BCUT2D eigenvalue weighted by Crippen LogP contribution is -2.29. The molecular weight excluding hydrogens is 182 g/mol. The fourth-order valence-corrected chi connectivity index (χ4v) is 1.06. The highest BCUT2D eigenvalue weighted by Gasteiger charge is 2.11. The van der Waals surface area contributed by atoms with Crippen molar-refractivity contribution in [3.63, 3.8) is 0 Å². The van der Waals surface area contributed by atoms with Crippen LogP contribution in [0.2, 0.25) is 0 Å². The van der Waals surface area contributed by atoms with Gasteiger partial charge in [0.25, 0.3) is 0 Å². The molecule has 5 heteroatoms. The predicted octanol–water partition coefficient (Wildman–Crippen LogP) is 0.276. The topological polar surface area (TPSA) is 81.2 Å². The molecule has 0 spiro atoms. The summed E-state index contributed by atoms with van der Waals surface area (Å²) in [6.45, 7) is 2.76. The van der Waals surface area contributed by atoms with Crippen LogP contribution < -0.4 is 11.1 Å². The number of nitrogens with two attached hydrogens (primary N) is 1. The lowest BCUT2D eigenvalue weighted by molar-refractivity contribution is -0.124. The molecule has 0 aliphatic carbocycles. The van der Waals surface area contributed by atoms with Crippen LogP contribution in [0.1, 0.15) is 19.1 Å². The van der Waals surface area contributed by atoms with E-state index in [-0.39, 0.29) is 11.8 Å². The molecule has 1 unspecified atom stereocenters. The predicted molar refractivity (Wildman–Crippen MR) is 51.2 cm³/mol. The zero-order valence-electron chi connectivity index (χ0n) is 8.19. The highest BCUT2D eigenvalue weighted by Crippen LogP contribution is 2.01. The Morgan fingerprint density at radius 2 is 2.57 bits per heavy atom. The van der Waals surface area contributed by atoms with Crippen LogP contribution in [0.4, 0.5) is 0 Å². The van der Waals surface area contributed by atoms with Crippen LogP contribution in [-0.2, 0) is 11.3 Å². The SMILES string of the molecule is CC(CCN)C(=O)NCc1ccno1. The van der Waals surface area contributed by atoms with Crippen LogP contribution in [0.25, 0.3) is 0 Å². The Hall–Kier alpha value is -1.36. The molecule has 78 valence electrons. The summed E-state index contributed by atoms with van der Waals surface area (Å²) in [5.41, 5.74) is 5.35. The first kappa shape index (κ1) is 10.7. The molecule has 5 nitrogen and oxygen atoms in total. The highest BCUT2D eigenvalue weighted by molar-refractivity contribution is 5.78. The molecule has 1 atom stereocenters. The number of nitrogens with zero attached hydrogens (tertiary/aromatic N) is 1. The molecule has 14 heavy (non-hydrogen) atoms. The summed E-state index contributed by atoms with van der Waals surface area (Å²) in [6.07, 6.45) is 2.24. The Kier molecular flexibility index (Phi) is 4.12. The Balaban J connectivity index is 2.27. The maximum Gasteiger partial charge on any atom is 0.223 e. The van der Waals surface area contributed by atoms with Crippen molar-refractivity contribution in [1.29, 1.82) is 0 Å². The van der Waals surface area contributed by atoms with Crippen molar-refractivity contribution in [2.24, 2.45) is 11.7 Å². The summed E-state index contributed by atoms with van der Waals surface area (Å²) in [7, 11) is 0. The van der Waals surface area contributed by atoms with Crippen molar-refractivity contribution in [2.45, 2.75) is 19.9 Å². The van der Waals surface area contributed by atoms with Gasteiger partial charge in [-0.3, -0.25) is 4.79 Å². The van der Waals surface area contributed by atoms with E-state index in [9.17, 15) is 4.79 Å². The van der Waals surface area contributed by atoms with Gasteiger partial charge in [-0.25, -0.2) is 0 Å². The van der Waals surface area contributed by atoms with Gasteiger partial charge in [-0.1, -0.05) is 12.1 Å². The standard InChI is InChI=1S/C9H15N3O2/c1-7(2-4-10)9(13)11-6-8-3-5-12-14-8/h3,5,7H,2,4,6,10H2,1H3,(H,11,13). The Bertz CT molecular complexity index is 272. The van der Waals surface area contributed by atoms with Crippen molar-refractivity contribution in [1.82, 2.24) is 10.5 Å². The summed E-state index contributed by atoms with van der Waals surface area (Å²) in [5.74, 6) is 0.591. The quantitative estimate of drug-likeness (QED) is 0.710. The smallest absolute Gasteiger partial charge is 0.223 e. The molecule has 0 aliphatic rings. The summed E-state index contributed by atoms with van der Waals surface area (Å²) >= 11 is 0. The van der Waals surface area contributed by atoms with E-state index in [4.69, 9.17) is 10.3 Å². The Morgan fingerprint density at radius 3 is 3.14 bits per heavy atom. The van der Waals surface area contributed by atoms with Crippen molar-refractivity contribution in [3.05, 3.63) is 18.0 Å². The second kappa shape index (κ2) is 5.39. The van der Waals surface area contributed by atoms with E-state index in [2.05, 4.69) is 10.5 Å². The monoisotopic (exact) mass is 197 g/mol. The molecule has 1 aromatic heterocycles. The minimum absolute atomic E-state index is 0.00755. The lowest BCUT2D eigenvalue weighted by Gasteiger charge is -2.09. The van der Waals surface area contributed by atoms with Gasteiger partial charge in [-0.15, -0.1) is 0 Å². The van der Waals surface area contributed by atoms with E-state index in [1.807, 2.05) is 6.92 Å². The minimum Gasteiger partial charge on any atom is -0.360 e. The maximum atomic E-state index is 11.4. The number of carbonyl (C=O) groups excluding carboxylic acids is 1. The molecule has 1 rings (SSSR count). The van der Waals surface area contributed by atoms with Crippen LogP contribution in [-0.4, -0.2) is 17.6 Å². The van der Waals surface area contributed by atoms with Gasteiger partial charge >= 0.3 is 0 Å². The number of nitrogens with one attached hydrogen (secondary N) is 1. The Labute approximate surface area is 82.6 Å². The maximum absolute atomic E-state index is 11.4. The third-order valence-corrected chi connectivity index (χ3v) is 1.98. The molecule has 1 aromatic rings. The zero-order valence-corrected chi connectivity index (χ0v) is 8.19. The number of hydrogen-bond acceptors (Lipinski definition) is 4. The van der Waals surface area contributed by atoms with E-state index >= 15 is 0 Å². The molecule has 3 N–H and O–H groups in total. The highest BCUT2D eigenvalue weighted by atomic mass is 16.5. The first-order chi connectivity index (χ1) is 6.74. The molecule has 0 saturated carbocycles. The molecule has 1 heterocycles. The Morgan fingerprint density at radius 1 is 1.79 bits per heavy atom. The molecule has 0 saturated heterocycles. The van der Waals surface area contributed by atoms with E-state index < -0.39 is 0 Å². The molecule has 0 aliphatic heterocycles. The zero-order chi connectivity index (χ0) is 10.4. The average molecular weight is 197 g/mol. The average Bonchev–Trinajstić information content (AvgIpc) is 2.67. The summed E-state index contributed by atoms with van der Waals surface area (Å²) in [4.78, 5) is 11.4. The van der Waals surface area contributed by atoms with Gasteiger partial charge in [0.1, 0.15) is 0 Å². The molecule has 0 aromatic carbocycles. The third kappa shape index (κ3) is 3.18. The van der Waals surface area contributed by atoms with Gasteiger partial charge < -0.3 is 15.6 Å². The van der Waals surface area contributed by atoms with E-state index in [1.54, 1.807) is 12.3 Å². The van der Waals surface area contributed by atoms with E-state index in [0.717, 1.165) is 0 Å². The second-order valence-electron chi connectivity index (χ2n) is 3.17. The number of aromatic nitrogens is 1. The van der Waals surface area contributed by atoms with E-state index in [1.165, 1.54) is 0 Å². The van der Waals surface area contributed by atoms with Crippen molar-refractivity contribution < 1.29 is 9.32 Å². The summed E-state index contributed by atoms with van der Waals surface area (Å²) in [5, 5.41) is 6.28. The van der Waals surface area contributed by atoms with Gasteiger partial charge in [0.05, 0.1) is 12.7 Å². The van der Waals surface area contributed by atoms with Crippen LogP contribution in [0.15, 0.2) is 16.8 Å². The third-order valence-electron chi connectivity index (χ3n) is 1.98. The largest absolute Gasteiger partial charge is 0.360 e. The fraction of sp³-hybridized carbons (Fsp3) is 0.556. The number of amides is 1. The lowest BCUT2D eigenvalue weighted by atomic mass is 10.1. The van der Waals surface area contributed by atoms with E-state index in [0.29, 0.717) is 25.3 Å². The van der Waals surface area contributed by atoms with Gasteiger partial charge in [0.2, 0.25) is 5.91 Å². The van der Waals surface area contributed by atoms with Crippen molar-refractivity contribution in [2.75, 3.05) is 6.54 Å². The fourth-order valence-electron chi connectivity index (χ4n) is 1.06. The first-order valence-electron chi connectivity index (χ1n) is 4.61. The normalized spacial score (nSPS) is 12.4. The van der Waals surface area contributed by atoms with Gasteiger partial charge in [0.15, 0.2) is 5.76 Å². The second-order valence-corrected chi connectivity index (χ2v) is 3.17. The van der Waals surface area contributed by atoms with Gasteiger partial charge in [-0.05, 0) is 13.0 Å². The first-order valence-corrected chi connectivity index (χ1v) is 4.61. The van der Waals surface area contributed by atoms with Crippen LogP contribution in [0.5, 0.6) is 0 Å². The van der Waals surface area contributed by atoms with Crippen LogP contribution in [0, 0.1) is 5.92 Å². The number of hydrogen-bond donors (Lipinski definition) is 2. The molecule has 0 radical (unpaired) electrons. The summed E-state index contributed by atoms with van der Waals surface area (Å²) in [6, 6.07) is 1.72. The minimum atomic E-state index is -0.0529. The van der Waals surface area contributed by atoms with Crippen LogP contribution >= 0.6 is 0 Å².